The average molecular weight is 158 g/mol. The van der Waals surface area contributed by atoms with Crippen molar-refractivity contribution in [2.45, 2.75) is 33.5 Å². The summed E-state index contributed by atoms with van der Waals surface area (Å²) in [5.41, 5.74) is 0.536. The highest BCUT2D eigenvalue weighted by Gasteiger charge is 2.06. The lowest BCUT2D eigenvalue weighted by atomic mass is 10.2. The molecular weight excluding hydrogens is 144 g/mol. The van der Waals surface area contributed by atoms with Gasteiger partial charge in [-0.15, -0.1) is 0 Å². The summed E-state index contributed by atoms with van der Waals surface area (Å²) in [6, 6.07) is 0. The largest absolute Gasteiger partial charge is 0.433 e. The molecule has 0 bridgehead atoms. The van der Waals surface area contributed by atoms with Gasteiger partial charge >= 0.3 is 5.97 Å². The number of esters is 1. The Kier molecular flexibility index (Phi) is 4.54. The Morgan fingerprint density at radius 2 is 2.27 bits per heavy atom. The van der Waals surface area contributed by atoms with Crippen molar-refractivity contribution in [2.75, 3.05) is 0 Å². The van der Waals surface area contributed by atoms with Crippen molar-refractivity contribution in [3.05, 3.63) is 11.6 Å². The fourth-order valence-electron chi connectivity index (χ4n) is 0.637. The quantitative estimate of drug-likeness (QED) is 0.381. The molecule has 1 atom stereocenters. The van der Waals surface area contributed by atoms with Crippen molar-refractivity contribution >= 4 is 5.97 Å². The summed E-state index contributed by atoms with van der Waals surface area (Å²) in [5.74, 6) is -0.457. The number of aliphatic hydroxyl groups is 1. The van der Waals surface area contributed by atoms with E-state index in [-0.39, 0.29) is 0 Å². The summed E-state index contributed by atoms with van der Waals surface area (Å²) in [6.45, 7) is 4.99. The van der Waals surface area contributed by atoms with Crippen LogP contribution < -0.4 is 0 Å². The molecule has 0 aliphatic carbocycles. The Bertz CT molecular complexity index is 159. The average Bonchev–Trinajstić information content (AvgIpc) is 1.86. The van der Waals surface area contributed by atoms with Gasteiger partial charge in [-0.2, -0.15) is 0 Å². The SMILES string of the molecule is CC/C=C(\C)C(=O)OC(C)O. The molecule has 11 heavy (non-hydrogen) atoms. The molecule has 0 saturated carbocycles. The fourth-order valence-corrected chi connectivity index (χ4v) is 0.637. The molecule has 0 heterocycles. The van der Waals surface area contributed by atoms with Gasteiger partial charge in [0, 0.05) is 5.57 Å². The first-order valence-corrected chi connectivity index (χ1v) is 3.63. The van der Waals surface area contributed by atoms with E-state index < -0.39 is 12.3 Å². The van der Waals surface area contributed by atoms with E-state index >= 15 is 0 Å². The number of hydrogen-bond acceptors (Lipinski definition) is 3. The number of aliphatic hydroxyl groups excluding tert-OH is 1. The highest BCUT2D eigenvalue weighted by molar-refractivity contribution is 5.87. The van der Waals surface area contributed by atoms with Gasteiger partial charge in [-0.25, -0.2) is 4.79 Å². The molecule has 0 spiro atoms. The van der Waals surface area contributed by atoms with Crippen LogP contribution in [0, 0.1) is 0 Å². The van der Waals surface area contributed by atoms with E-state index in [0.29, 0.717) is 5.57 Å². The van der Waals surface area contributed by atoms with E-state index in [1.165, 1.54) is 6.92 Å². The summed E-state index contributed by atoms with van der Waals surface area (Å²) < 4.78 is 4.51. The van der Waals surface area contributed by atoms with E-state index in [1.54, 1.807) is 13.0 Å². The summed E-state index contributed by atoms with van der Waals surface area (Å²) >= 11 is 0. The van der Waals surface area contributed by atoms with Gasteiger partial charge in [0.15, 0.2) is 6.29 Å². The third-order valence-electron chi connectivity index (χ3n) is 1.11. The third kappa shape index (κ3) is 4.56. The predicted molar refractivity (Wildman–Crippen MR) is 41.8 cm³/mol. The molecule has 3 nitrogen and oxygen atoms in total. The van der Waals surface area contributed by atoms with Crippen LogP contribution in [0.1, 0.15) is 27.2 Å². The fraction of sp³-hybridized carbons (Fsp3) is 0.625. The lowest BCUT2D eigenvalue weighted by Crippen LogP contribution is -2.14. The maximum atomic E-state index is 10.9. The molecule has 0 saturated heterocycles. The maximum absolute atomic E-state index is 10.9. The third-order valence-corrected chi connectivity index (χ3v) is 1.11. The Balaban J connectivity index is 3.93. The molecular formula is C8H14O3. The summed E-state index contributed by atoms with van der Waals surface area (Å²) in [5, 5.41) is 8.67. The summed E-state index contributed by atoms with van der Waals surface area (Å²) in [4.78, 5) is 10.9. The Hall–Kier alpha value is -0.830. The lowest BCUT2D eigenvalue weighted by Gasteiger charge is -2.06. The monoisotopic (exact) mass is 158 g/mol. The van der Waals surface area contributed by atoms with Gasteiger partial charge < -0.3 is 9.84 Å². The normalized spacial score (nSPS) is 14.4. The Morgan fingerprint density at radius 1 is 1.73 bits per heavy atom. The van der Waals surface area contributed by atoms with Crippen LogP contribution in [0.25, 0.3) is 0 Å². The zero-order valence-electron chi connectivity index (χ0n) is 7.13. The van der Waals surface area contributed by atoms with Gasteiger partial charge in [-0.1, -0.05) is 13.0 Å². The Morgan fingerprint density at radius 3 is 2.64 bits per heavy atom. The van der Waals surface area contributed by atoms with Gasteiger partial charge in [-0.3, -0.25) is 0 Å². The molecule has 0 aliphatic heterocycles. The van der Waals surface area contributed by atoms with Gasteiger partial charge in [0.25, 0.3) is 0 Å². The molecule has 1 unspecified atom stereocenters. The zero-order valence-corrected chi connectivity index (χ0v) is 7.13. The van der Waals surface area contributed by atoms with Crippen LogP contribution in [-0.4, -0.2) is 17.4 Å². The van der Waals surface area contributed by atoms with Crippen LogP contribution in [0.15, 0.2) is 11.6 Å². The van der Waals surface area contributed by atoms with Gasteiger partial charge in [0.2, 0.25) is 0 Å². The van der Waals surface area contributed by atoms with Crippen molar-refractivity contribution < 1.29 is 14.6 Å². The first-order valence-electron chi connectivity index (χ1n) is 3.63. The molecule has 0 amide bonds. The van der Waals surface area contributed by atoms with Gasteiger partial charge in [0.1, 0.15) is 0 Å². The molecule has 0 aromatic heterocycles. The molecule has 0 aromatic rings. The minimum atomic E-state index is -1.03. The van der Waals surface area contributed by atoms with Crippen LogP contribution in [0.5, 0.6) is 0 Å². The highest BCUT2D eigenvalue weighted by Crippen LogP contribution is 1.99. The number of carbonyl (C=O) groups is 1. The molecule has 0 radical (unpaired) electrons. The van der Waals surface area contributed by atoms with Crippen LogP contribution in [-0.2, 0) is 9.53 Å². The molecule has 0 fully saturated rings. The molecule has 1 N–H and O–H groups in total. The number of carbonyl (C=O) groups excluding carboxylic acids is 1. The molecule has 64 valence electrons. The number of rotatable bonds is 3. The van der Waals surface area contributed by atoms with E-state index in [0.717, 1.165) is 6.42 Å². The van der Waals surface area contributed by atoms with E-state index in [1.807, 2.05) is 6.92 Å². The van der Waals surface area contributed by atoms with Crippen molar-refractivity contribution in [1.29, 1.82) is 0 Å². The smallest absolute Gasteiger partial charge is 0.335 e. The molecule has 0 aliphatic rings. The van der Waals surface area contributed by atoms with Gasteiger partial charge in [0.05, 0.1) is 0 Å². The predicted octanol–water partition coefficient (Wildman–Crippen LogP) is 1.22. The van der Waals surface area contributed by atoms with Crippen molar-refractivity contribution in [1.82, 2.24) is 0 Å². The Labute approximate surface area is 66.7 Å². The van der Waals surface area contributed by atoms with Gasteiger partial charge in [-0.05, 0) is 20.3 Å². The molecule has 3 heteroatoms. The van der Waals surface area contributed by atoms with Crippen LogP contribution in [0.4, 0.5) is 0 Å². The second-order valence-corrected chi connectivity index (χ2v) is 2.30. The first kappa shape index (κ1) is 10.2. The topological polar surface area (TPSA) is 46.5 Å². The van der Waals surface area contributed by atoms with Crippen molar-refractivity contribution in [3.8, 4) is 0 Å². The van der Waals surface area contributed by atoms with Crippen LogP contribution in [0.3, 0.4) is 0 Å². The van der Waals surface area contributed by atoms with Crippen LogP contribution in [0.2, 0.25) is 0 Å². The first-order chi connectivity index (χ1) is 5.07. The number of ether oxygens (including phenoxy) is 1. The highest BCUT2D eigenvalue weighted by atomic mass is 16.6. The van der Waals surface area contributed by atoms with E-state index in [9.17, 15) is 4.79 Å². The summed E-state index contributed by atoms with van der Waals surface area (Å²) in [6.07, 6.45) is 1.52. The second kappa shape index (κ2) is 4.91. The second-order valence-electron chi connectivity index (χ2n) is 2.30. The zero-order chi connectivity index (χ0) is 8.85. The standard InChI is InChI=1S/C8H14O3/c1-4-5-6(2)8(10)11-7(3)9/h5,7,9H,4H2,1-3H3/b6-5+. The number of hydrogen-bond donors (Lipinski definition) is 1. The number of allylic oxidation sites excluding steroid dienone is 1. The van der Waals surface area contributed by atoms with E-state index in [4.69, 9.17) is 5.11 Å². The van der Waals surface area contributed by atoms with Crippen LogP contribution >= 0.6 is 0 Å². The van der Waals surface area contributed by atoms with Crippen molar-refractivity contribution in [3.63, 3.8) is 0 Å². The molecule has 0 rings (SSSR count). The summed E-state index contributed by atoms with van der Waals surface area (Å²) in [7, 11) is 0. The maximum Gasteiger partial charge on any atom is 0.335 e. The van der Waals surface area contributed by atoms with Crippen molar-refractivity contribution in [2.24, 2.45) is 0 Å². The molecule has 0 aromatic carbocycles. The lowest BCUT2D eigenvalue weighted by molar-refractivity contribution is -0.159. The minimum Gasteiger partial charge on any atom is -0.433 e. The van der Waals surface area contributed by atoms with E-state index in [2.05, 4.69) is 4.74 Å². The minimum absolute atomic E-state index is 0.457.